The lowest BCUT2D eigenvalue weighted by Gasteiger charge is -2.17. The molecule has 0 saturated carbocycles. The van der Waals surface area contributed by atoms with Gasteiger partial charge in [0.2, 0.25) is 11.9 Å². The predicted molar refractivity (Wildman–Crippen MR) is 50.6 cm³/mol. The average Bonchev–Trinajstić information content (AvgIpc) is 2.04. The van der Waals surface area contributed by atoms with E-state index in [1.165, 1.54) is 0 Å². The minimum atomic E-state index is -0.464. The number of H-pyrrole nitrogens is 1. The van der Waals surface area contributed by atoms with Crippen LogP contribution in [0.15, 0.2) is 4.79 Å². The van der Waals surface area contributed by atoms with Crippen molar-refractivity contribution in [2.24, 2.45) is 0 Å². The third-order valence-electron chi connectivity index (χ3n) is 1.70. The van der Waals surface area contributed by atoms with E-state index in [0.29, 0.717) is 5.95 Å². The van der Waals surface area contributed by atoms with Gasteiger partial charge in [-0.2, -0.15) is 9.97 Å². The van der Waals surface area contributed by atoms with Crippen LogP contribution in [-0.2, 0) is 0 Å². The molecule has 72 valence electrons. The van der Waals surface area contributed by atoms with Gasteiger partial charge >= 0.3 is 5.69 Å². The van der Waals surface area contributed by atoms with Gasteiger partial charge in [-0.15, -0.1) is 0 Å². The summed E-state index contributed by atoms with van der Waals surface area (Å²) in [6, 6.07) is 0. The standard InChI is InChI=1S/C7H13N5O/c1-3-12(4-2)6-9-5(8)10-7(13)11-6/h3-4H2,1-2H3,(H3,8,9,10,11,13). The molecule has 0 spiro atoms. The number of nitrogens with one attached hydrogen (secondary N) is 1. The number of hydrogen-bond donors (Lipinski definition) is 2. The SMILES string of the molecule is CCN(CC)c1nc(N)[nH]c(=O)n1. The van der Waals surface area contributed by atoms with E-state index in [2.05, 4.69) is 15.0 Å². The van der Waals surface area contributed by atoms with Crippen LogP contribution in [0.1, 0.15) is 13.8 Å². The average molecular weight is 183 g/mol. The van der Waals surface area contributed by atoms with Crippen LogP contribution in [0.3, 0.4) is 0 Å². The third-order valence-corrected chi connectivity index (χ3v) is 1.70. The molecule has 1 aromatic heterocycles. The molecule has 0 aliphatic carbocycles. The van der Waals surface area contributed by atoms with Gasteiger partial charge in [-0.25, -0.2) is 4.79 Å². The Morgan fingerprint density at radius 3 is 2.46 bits per heavy atom. The third kappa shape index (κ3) is 2.17. The van der Waals surface area contributed by atoms with Crippen LogP contribution in [0.4, 0.5) is 11.9 Å². The molecule has 1 heterocycles. The Kier molecular flexibility index (Phi) is 2.84. The van der Waals surface area contributed by atoms with Gasteiger partial charge in [-0.05, 0) is 13.8 Å². The van der Waals surface area contributed by atoms with E-state index in [1.54, 1.807) is 0 Å². The zero-order chi connectivity index (χ0) is 9.84. The molecule has 0 bridgehead atoms. The second-order valence-corrected chi connectivity index (χ2v) is 2.51. The summed E-state index contributed by atoms with van der Waals surface area (Å²) in [6.45, 7) is 5.42. The van der Waals surface area contributed by atoms with Crippen molar-refractivity contribution in [3.63, 3.8) is 0 Å². The van der Waals surface area contributed by atoms with Crippen LogP contribution in [0.5, 0.6) is 0 Å². The predicted octanol–water partition coefficient (Wildman–Crippen LogP) is -0.407. The quantitative estimate of drug-likeness (QED) is 0.665. The molecule has 0 atom stereocenters. The van der Waals surface area contributed by atoms with Crippen molar-refractivity contribution in [3.05, 3.63) is 10.5 Å². The molecule has 0 fully saturated rings. The van der Waals surface area contributed by atoms with Crippen LogP contribution < -0.4 is 16.3 Å². The van der Waals surface area contributed by atoms with Crippen molar-refractivity contribution in [3.8, 4) is 0 Å². The molecule has 1 rings (SSSR count). The van der Waals surface area contributed by atoms with E-state index < -0.39 is 5.69 Å². The topological polar surface area (TPSA) is 87.9 Å². The highest BCUT2D eigenvalue weighted by Crippen LogP contribution is 2.03. The molecule has 0 unspecified atom stereocenters. The number of aromatic nitrogens is 3. The first-order chi connectivity index (χ1) is 6.17. The summed E-state index contributed by atoms with van der Waals surface area (Å²) in [4.78, 5) is 22.7. The number of nitrogens with zero attached hydrogens (tertiary/aromatic N) is 3. The van der Waals surface area contributed by atoms with Crippen molar-refractivity contribution >= 4 is 11.9 Å². The number of nitrogen functional groups attached to an aromatic ring is 1. The van der Waals surface area contributed by atoms with Gasteiger partial charge in [0, 0.05) is 13.1 Å². The minimum absolute atomic E-state index is 0.0990. The van der Waals surface area contributed by atoms with Gasteiger partial charge in [0.15, 0.2) is 0 Å². The molecule has 0 radical (unpaired) electrons. The molecule has 0 saturated heterocycles. The number of nitrogens with two attached hydrogens (primary N) is 1. The number of anilines is 2. The smallest absolute Gasteiger partial charge is 0.350 e. The molecule has 3 N–H and O–H groups in total. The Balaban J connectivity index is 3.06. The summed E-state index contributed by atoms with van der Waals surface area (Å²) < 4.78 is 0. The summed E-state index contributed by atoms with van der Waals surface area (Å²) in [5, 5.41) is 0. The summed E-state index contributed by atoms with van der Waals surface area (Å²) in [5.74, 6) is 0.480. The van der Waals surface area contributed by atoms with Crippen molar-refractivity contribution in [2.45, 2.75) is 13.8 Å². The maximum atomic E-state index is 10.9. The lowest BCUT2D eigenvalue weighted by Crippen LogP contribution is -2.28. The number of hydrogen-bond acceptors (Lipinski definition) is 5. The summed E-state index contributed by atoms with van der Waals surface area (Å²) in [7, 11) is 0. The Labute approximate surface area is 75.8 Å². The second-order valence-electron chi connectivity index (χ2n) is 2.51. The second kappa shape index (κ2) is 3.88. The maximum absolute atomic E-state index is 10.9. The van der Waals surface area contributed by atoms with E-state index in [0.717, 1.165) is 13.1 Å². The molecule has 13 heavy (non-hydrogen) atoms. The first-order valence-corrected chi connectivity index (χ1v) is 4.16. The van der Waals surface area contributed by atoms with E-state index in [1.807, 2.05) is 18.7 Å². The summed E-state index contributed by atoms with van der Waals surface area (Å²) in [5.41, 5.74) is 4.91. The first kappa shape index (κ1) is 9.50. The molecule has 1 aromatic rings. The fourth-order valence-corrected chi connectivity index (χ4v) is 1.04. The van der Waals surface area contributed by atoms with Crippen molar-refractivity contribution in [2.75, 3.05) is 23.7 Å². The summed E-state index contributed by atoms with van der Waals surface area (Å²) >= 11 is 0. The van der Waals surface area contributed by atoms with Crippen molar-refractivity contribution in [1.82, 2.24) is 15.0 Å². The molecule has 0 aliphatic rings. The molecule has 6 heteroatoms. The van der Waals surface area contributed by atoms with Gasteiger partial charge < -0.3 is 10.6 Å². The Hall–Kier alpha value is -1.59. The van der Waals surface area contributed by atoms with Crippen LogP contribution in [0.2, 0.25) is 0 Å². The number of aromatic amines is 1. The lowest BCUT2D eigenvalue weighted by molar-refractivity contribution is 0.805. The molecule has 0 amide bonds. The minimum Gasteiger partial charge on any atom is -0.369 e. The summed E-state index contributed by atoms with van der Waals surface area (Å²) in [6.07, 6.45) is 0. The van der Waals surface area contributed by atoms with Crippen LogP contribution in [0, 0.1) is 0 Å². The fourth-order valence-electron chi connectivity index (χ4n) is 1.04. The van der Waals surface area contributed by atoms with E-state index >= 15 is 0 Å². The zero-order valence-electron chi connectivity index (χ0n) is 7.74. The van der Waals surface area contributed by atoms with Gasteiger partial charge in [0.25, 0.3) is 0 Å². The molecular formula is C7H13N5O. The highest BCUT2D eigenvalue weighted by molar-refractivity contribution is 5.32. The Bertz CT molecular complexity index is 330. The first-order valence-electron chi connectivity index (χ1n) is 4.16. The molecule has 0 aromatic carbocycles. The van der Waals surface area contributed by atoms with Gasteiger partial charge in [0.05, 0.1) is 0 Å². The van der Waals surface area contributed by atoms with Crippen LogP contribution in [0.25, 0.3) is 0 Å². The van der Waals surface area contributed by atoms with Crippen LogP contribution in [-0.4, -0.2) is 28.0 Å². The molecule has 6 nitrogen and oxygen atoms in total. The maximum Gasteiger partial charge on any atom is 0.350 e. The van der Waals surface area contributed by atoms with Crippen LogP contribution >= 0.6 is 0 Å². The van der Waals surface area contributed by atoms with E-state index in [4.69, 9.17) is 5.73 Å². The Morgan fingerprint density at radius 2 is 2.00 bits per heavy atom. The largest absolute Gasteiger partial charge is 0.369 e. The van der Waals surface area contributed by atoms with E-state index in [-0.39, 0.29) is 5.95 Å². The monoisotopic (exact) mass is 183 g/mol. The highest BCUT2D eigenvalue weighted by Gasteiger charge is 2.06. The van der Waals surface area contributed by atoms with Gasteiger partial charge in [-0.3, -0.25) is 4.98 Å². The fraction of sp³-hybridized carbons (Fsp3) is 0.571. The van der Waals surface area contributed by atoms with Crippen molar-refractivity contribution < 1.29 is 0 Å². The highest BCUT2D eigenvalue weighted by atomic mass is 16.1. The van der Waals surface area contributed by atoms with Crippen molar-refractivity contribution in [1.29, 1.82) is 0 Å². The number of rotatable bonds is 3. The lowest BCUT2D eigenvalue weighted by atomic mass is 10.5. The molecular weight excluding hydrogens is 170 g/mol. The van der Waals surface area contributed by atoms with E-state index in [9.17, 15) is 4.79 Å². The zero-order valence-corrected chi connectivity index (χ0v) is 7.74. The normalized spacial score (nSPS) is 10.0. The Morgan fingerprint density at radius 1 is 1.38 bits per heavy atom. The van der Waals surface area contributed by atoms with Gasteiger partial charge in [0.1, 0.15) is 0 Å². The molecule has 0 aliphatic heterocycles. The van der Waals surface area contributed by atoms with Gasteiger partial charge in [-0.1, -0.05) is 0 Å².